The summed E-state index contributed by atoms with van der Waals surface area (Å²) in [5, 5.41) is 0. The van der Waals surface area contributed by atoms with Crippen molar-refractivity contribution < 1.29 is 4.39 Å². The zero-order chi connectivity index (χ0) is 9.14. The first-order valence-corrected chi connectivity index (χ1v) is 4.76. The first kappa shape index (κ1) is 9.89. The van der Waals surface area contributed by atoms with Gasteiger partial charge in [-0.25, -0.2) is 4.98 Å². The fraction of sp³-hybridized carbons (Fsp3) is 0.333. The van der Waals surface area contributed by atoms with Gasteiger partial charge in [0.1, 0.15) is 0 Å². The molecule has 12 heavy (non-hydrogen) atoms. The standard InChI is InChI=1S/C9H10FIN/c1-6(2)3-7-5-12-9(10)4-8(7)11/h4-5H,3H2,1-2H3. The van der Waals surface area contributed by atoms with Crippen LogP contribution in [0, 0.1) is 15.4 Å². The van der Waals surface area contributed by atoms with Gasteiger partial charge in [-0.2, -0.15) is 4.39 Å². The van der Waals surface area contributed by atoms with Crippen LogP contribution in [0.2, 0.25) is 0 Å². The Morgan fingerprint density at radius 2 is 2.25 bits per heavy atom. The molecule has 0 aromatic carbocycles. The Bertz CT molecular complexity index is 273. The molecule has 0 aliphatic rings. The summed E-state index contributed by atoms with van der Waals surface area (Å²) < 4.78 is 13.5. The van der Waals surface area contributed by atoms with Crippen LogP contribution in [-0.2, 0) is 6.42 Å². The lowest BCUT2D eigenvalue weighted by molar-refractivity contribution is 0.581. The average molecular weight is 278 g/mol. The van der Waals surface area contributed by atoms with Crippen LogP contribution in [0.4, 0.5) is 4.39 Å². The van der Waals surface area contributed by atoms with Crippen molar-refractivity contribution in [1.29, 1.82) is 0 Å². The summed E-state index contributed by atoms with van der Waals surface area (Å²) in [6, 6.07) is 1.46. The molecule has 0 saturated heterocycles. The van der Waals surface area contributed by atoms with Crippen LogP contribution in [-0.4, -0.2) is 4.98 Å². The van der Waals surface area contributed by atoms with Gasteiger partial charge >= 0.3 is 0 Å². The largest absolute Gasteiger partial charge is 0.228 e. The zero-order valence-corrected chi connectivity index (χ0v) is 9.22. The van der Waals surface area contributed by atoms with Crippen LogP contribution < -0.4 is 0 Å². The molecular formula is C9H10FIN. The van der Waals surface area contributed by atoms with Crippen molar-refractivity contribution >= 4 is 22.6 Å². The molecule has 0 atom stereocenters. The van der Waals surface area contributed by atoms with Crippen molar-refractivity contribution in [3.8, 4) is 0 Å². The average Bonchev–Trinajstić information content (AvgIpc) is 1.94. The molecule has 0 fully saturated rings. The van der Waals surface area contributed by atoms with E-state index in [0.717, 1.165) is 15.6 Å². The van der Waals surface area contributed by atoms with E-state index in [9.17, 15) is 4.39 Å². The van der Waals surface area contributed by atoms with E-state index < -0.39 is 5.95 Å². The maximum Gasteiger partial charge on any atom is 0.213 e. The second-order valence-electron chi connectivity index (χ2n) is 2.98. The van der Waals surface area contributed by atoms with Gasteiger partial charge in [0.25, 0.3) is 0 Å². The molecule has 65 valence electrons. The SMILES string of the molecule is C[C](C)Cc1cnc(F)cc1I. The molecule has 0 N–H and O–H groups in total. The quantitative estimate of drug-likeness (QED) is 0.598. The minimum Gasteiger partial charge on any atom is -0.228 e. The second kappa shape index (κ2) is 4.16. The fourth-order valence-electron chi connectivity index (χ4n) is 0.947. The molecule has 1 aromatic heterocycles. The van der Waals surface area contributed by atoms with Crippen LogP contribution in [0.3, 0.4) is 0 Å². The molecule has 0 amide bonds. The third-order valence-electron chi connectivity index (χ3n) is 1.44. The zero-order valence-electron chi connectivity index (χ0n) is 7.06. The van der Waals surface area contributed by atoms with E-state index in [1.54, 1.807) is 6.20 Å². The van der Waals surface area contributed by atoms with E-state index in [1.165, 1.54) is 12.0 Å². The van der Waals surface area contributed by atoms with Crippen molar-refractivity contribution in [2.24, 2.45) is 0 Å². The highest BCUT2D eigenvalue weighted by Gasteiger charge is 2.04. The predicted octanol–water partition coefficient (Wildman–Crippen LogP) is 2.98. The van der Waals surface area contributed by atoms with Gasteiger partial charge < -0.3 is 0 Å². The summed E-state index contributed by atoms with van der Waals surface area (Å²) in [6.07, 6.45) is 2.48. The lowest BCUT2D eigenvalue weighted by Crippen LogP contribution is -1.97. The molecule has 0 spiro atoms. The summed E-state index contributed by atoms with van der Waals surface area (Å²) in [5.74, 6) is 0.901. The third-order valence-corrected chi connectivity index (χ3v) is 2.44. The highest BCUT2D eigenvalue weighted by Crippen LogP contribution is 2.16. The Morgan fingerprint density at radius 3 is 2.75 bits per heavy atom. The van der Waals surface area contributed by atoms with Crippen molar-refractivity contribution in [3.05, 3.63) is 33.3 Å². The maximum absolute atomic E-state index is 12.6. The van der Waals surface area contributed by atoms with Crippen molar-refractivity contribution in [3.63, 3.8) is 0 Å². The lowest BCUT2D eigenvalue weighted by Gasteiger charge is -2.05. The van der Waals surface area contributed by atoms with Crippen LogP contribution in [0.1, 0.15) is 19.4 Å². The highest BCUT2D eigenvalue weighted by atomic mass is 127. The summed E-state index contributed by atoms with van der Waals surface area (Å²) in [7, 11) is 0. The molecule has 0 unspecified atom stereocenters. The Kier molecular flexibility index (Phi) is 3.43. The van der Waals surface area contributed by atoms with E-state index in [2.05, 4.69) is 41.4 Å². The van der Waals surface area contributed by atoms with Gasteiger partial charge in [-0.1, -0.05) is 13.8 Å². The smallest absolute Gasteiger partial charge is 0.213 e. The monoisotopic (exact) mass is 278 g/mol. The molecule has 1 heterocycles. The minimum atomic E-state index is -0.406. The van der Waals surface area contributed by atoms with Gasteiger partial charge in [-0.05, 0) is 40.5 Å². The number of hydrogen-bond donors (Lipinski definition) is 0. The normalized spacial score (nSPS) is 10.8. The summed E-state index contributed by atoms with van der Waals surface area (Å²) in [5.41, 5.74) is 1.09. The molecule has 1 rings (SSSR count). The van der Waals surface area contributed by atoms with Crippen LogP contribution in [0.5, 0.6) is 0 Å². The number of aromatic nitrogens is 1. The molecular weight excluding hydrogens is 268 g/mol. The van der Waals surface area contributed by atoms with E-state index in [0.29, 0.717) is 0 Å². The number of pyridine rings is 1. The Balaban J connectivity index is 2.86. The number of rotatable bonds is 2. The molecule has 3 heteroatoms. The molecule has 0 saturated carbocycles. The van der Waals surface area contributed by atoms with Gasteiger partial charge in [0, 0.05) is 15.8 Å². The fourth-order valence-corrected chi connectivity index (χ4v) is 1.53. The summed E-state index contributed by atoms with van der Waals surface area (Å²) in [6.45, 7) is 4.11. The predicted molar refractivity (Wildman–Crippen MR) is 55.2 cm³/mol. The van der Waals surface area contributed by atoms with E-state index in [-0.39, 0.29) is 0 Å². The third kappa shape index (κ3) is 2.69. The van der Waals surface area contributed by atoms with Gasteiger partial charge in [0.15, 0.2) is 0 Å². The Hall–Kier alpha value is -0.190. The molecule has 1 aromatic rings. The van der Waals surface area contributed by atoms with E-state index in [4.69, 9.17) is 0 Å². The topological polar surface area (TPSA) is 12.9 Å². The van der Waals surface area contributed by atoms with Crippen molar-refractivity contribution in [1.82, 2.24) is 4.98 Å². The van der Waals surface area contributed by atoms with Crippen LogP contribution in [0.15, 0.2) is 12.3 Å². The highest BCUT2D eigenvalue weighted by molar-refractivity contribution is 14.1. The van der Waals surface area contributed by atoms with Crippen molar-refractivity contribution in [2.75, 3.05) is 0 Å². The number of halogens is 2. The molecule has 0 aliphatic carbocycles. The minimum absolute atomic E-state index is 0.406. The molecule has 1 radical (unpaired) electrons. The second-order valence-corrected chi connectivity index (χ2v) is 4.14. The van der Waals surface area contributed by atoms with Gasteiger partial charge in [-0.15, -0.1) is 0 Å². The number of nitrogens with zero attached hydrogens (tertiary/aromatic N) is 1. The first-order valence-electron chi connectivity index (χ1n) is 3.68. The van der Waals surface area contributed by atoms with E-state index in [1.807, 2.05) is 0 Å². The molecule has 0 bridgehead atoms. The van der Waals surface area contributed by atoms with Crippen LogP contribution >= 0.6 is 22.6 Å². The van der Waals surface area contributed by atoms with Gasteiger partial charge in [0.05, 0.1) is 0 Å². The summed E-state index contributed by atoms with van der Waals surface area (Å²) >= 11 is 2.13. The Morgan fingerprint density at radius 1 is 1.58 bits per heavy atom. The summed E-state index contributed by atoms with van der Waals surface area (Å²) in [4.78, 5) is 3.61. The van der Waals surface area contributed by atoms with Gasteiger partial charge in [-0.3, -0.25) is 0 Å². The van der Waals surface area contributed by atoms with Crippen molar-refractivity contribution in [2.45, 2.75) is 20.3 Å². The van der Waals surface area contributed by atoms with Gasteiger partial charge in [0.2, 0.25) is 5.95 Å². The first-order chi connectivity index (χ1) is 5.59. The van der Waals surface area contributed by atoms with E-state index >= 15 is 0 Å². The van der Waals surface area contributed by atoms with Crippen LogP contribution in [0.25, 0.3) is 0 Å². The molecule has 1 nitrogen and oxygen atoms in total. The number of hydrogen-bond acceptors (Lipinski definition) is 1. The lowest BCUT2D eigenvalue weighted by atomic mass is 10.1. The molecule has 0 aliphatic heterocycles. The Labute approximate surface area is 85.5 Å². The maximum atomic E-state index is 12.6.